The number of carboxylic acid groups (broad SMARTS) is 1. The molecule has 2 saturated carbocycles. The Balaban J connectivity index is 1.46. The van der Waals surface area contributed by atoms with Crippen LogP contribution in [0.2, 0.25) is 0 Å². The van der Waals surface area contributed by atoms with E-state index in [9.17, 15) is 14.7 Å². The monoisotopic (exact) mass is 336 g/mol. The van der Waals surface area contributed by atoms with Gasteiger partial charge in [0.2, 0.25) is 5.91 Å². The zero-order valence-electron chi connectivity index (χ0n) is 14.7. The SMILES string of the molecule is O=C(CCN1C(C(=O)O)CC2CCCCC21)NCC1CCCCC1. The molecule has 3 fully saturated rings. The lowest BCUT2D eigenvalue weighted by Crippen LogP contribution is -2.44. The van der Waals surface area contributed by atoms with Crippen molar-refractivity contribution in [2.45, 2.75) is 82.7 Å². The molecule has 1 heterocycles. The third-order valence-electron chi connectivity index (χ3n) is 6.42. The van der Waals surface area contributed by atoms with Crippen LogP contribution in [0.5, 0.6) is 0 Å². The van der Waals surface area contributed by atoms with Crippen LogP contribution in [-0.4, -0.2) is 47.1 Å². The summed E-state index contributed by atoms with van der Waals surface area (Å²) in [5, 5.41) is 12.6. The highest BCUT2D eigenvalue weighted by Gasteiger charge is 2.44. The van der Waals surface area contributed by atoms with Crippen LogP contribution in [0.3, 0.4) is 0 Å². The molecule has 3 aliphatic rings. The van der Waals surface area contributed by atoms with E-state index >= 15 is 0 Å². The molecule has 136 valence electrons. The zero-order chi connectivity index (χ0) is 16.9. The van der Waals surface area contributed by atoms with Crippen LogP contribution < -0.4 is 5.32 Å². The Morgan fingerprint density at radius 3 is 2.46 bits per heavy atom. The lowest BCUT2D eigenvalue weighted by atomic mass is 9.85. The van der Waals surface area contributed by atoms with Crippen molar-refractivity contribution in [1.29, 1.82) is 0 Å². The summed E-state index contributed by atoms with van der Waals surface area (Å²) < 4.78 is 0. The fourth-order valence-electron chi connectivity index (χ4n) is 5.09. The second-order valence-corrected chi connectivity index (χ2v) is 8.00. The molecular weight excluding hydrogens is 304 g/mol. The zero-order valence-corrected chi connectivity index (χ0v) is 14.7. The van der Waals surface area contributed by atoms with Crippen molar-refractivity contribution in [3.63, 3.8) is 0 Å². The average Bonchev–Trinajstić information content (AvgIpc) is 2.98. The molecular formula is C19H32N2O3. The number of carbonyl (C=O) groups excluding carboxylic acids is 1. The quantitative estimate of drug-likeness (QED) is 0.782. The van der Waals surface area contributed by atoms with Crippen LogP contribution in [0, 0.1) is 11.8 Å². The number of carbonyl (C=O) groups is 2. The van der Waals surface area contributed by atoms with E-state index in [0.29, 0.717) is 30.8 Å². The molecule has 0 spiro atoms. The Hall–Kier alpha value is -1.10. The Kier molecular flexibility index (Phi) is 6.14. The largest absolute Gasteiger partial charge is 0.480 e. The summed E-state index contributed by atoms with van der Waals surface area (Å²) in [6.07, 6.45) is 12.2. The van der Waals surface area contributed by atoms with Crippen LogP contribution in [0.15, 0.2) is 0 Å². The smallest absolute Gasteiger partial charge is 0.320 e. The van der Waals surface area contributed by atoms with Gasteiger partial charge in [0.1, 0.15) is 6.04 Å². The minimum atomic E-state index is -0.716. The summed E-state index contributed by atoms with van der Waals surface area (Å²) in [7, 11) is 0. The van der Waals surface area contributed by atoms with Crippen molar-refractivity contribution in [3.05, 3.63) is 0 Å². The number of rotatable bonds is 6. The van der Waals surface area contributed by atoms with E-state index in [1.807, 2.05) is 0 Å². The fourth-order valence-corrected chi connectivity index (χ4v) is 5.09. The predicted molar refractivity (Wildman–Crippen MR) is 92.7 cm³/mol. The lowest BCUT2D eigenvalue weighted by molar-refractivity contribution is -0.143. The van der Waals surface area contributed by atoms with Gasteiger partial charge in [-0.05, 0) is 43.9 Å². The first-order valence-electron chi connectivity index (χ1n) is 9.90. The molecule has 3 unspecified atom stereocenters. The molecule has 3 rings (SSSR count). The minimum absolute atomic E-state index is 0.0870. The van der Waals surface area contributed by atoms with Crippen molar-refractivity contribution >= 4 is 11.9 Å². The number of amides is 1. The molecule has 0 bridgehead atoms. The number of nitrogens with zero attached hydrogens (tertiary/aromatic N) is 1. The Bertz CT molecular complexity index is 448. The molecule has 3 atom stereocenters. The van der Waals surface area contributed by atoms with Gasteiger partial charge in [-0.2, -0.15) is 0 Å². The van der Waals surface area contributed by atoms with E-state index in [1.165, 1.54) is 44.9 Å². The number of likely N-dealkylation sites (tertiary alicyclic amines) is 1. The molecule has 1 saturated heterocycles. The van der Waals surface area contributed by atoms with Crippen molar-refractivity contribution in [2.24, 2.45) is 11.8 Å². The maximum Gasteiger partial charge on any atom is 0.320 e. The molecule has 5 heteroatoms. The van der Waals surface area contributed by atoms with Gasteiger partial charge in [0.05, 0.1) is 0 Å². The number of aliphatic carboxylic acids is 1. The molecule has 1 amide bonds. The first kappa shape index (κ1) is 17.7. The third kappa shape index (κ3) is 4.29. The molecule has 5 nitrogen and oxygen atoms in total. The number of fused-ring (bicyclic) bond motifs is 1. The molecule has 0 aromatic rings. The molecule has 2 N–H and O–H groups in total. The van der Waals surface area contributed by atoms with Gasteiger partial charge >= 0.3 is 5.97 Å². The van der Waals surface area contributed by atoms with E-state index in [2.05, 4.69) is 10.2 Å². The van der Waals surface area contributed by atoms with Crippen LogP contribution in [0.4, 0.5) is 0 Å². The highest BCUT2D eigenvalue weighted by atomic mass is 16.4. The van der Waals surface area contributed by atoms with Gasteiger partial charge in [0, 0.05) is 25.6 Å². The number of nitrogens with one attached hydrogen (secondary N) is 1. The molecule has 0 aromatic carbocycles. The van der Waals surface area contributed by atoms with Gasteiger partial charge in [-0.1, -0.05) is 32.1 Å². The normalized spacial score (nSPS) is 31.6. The molecule has 0 aromatic heterocycles. The van der Waals surface area contributed by atoms with Gasteiger partial charge < -0.3 is 10.4 Å². The van der Waals surface area contributed by atoms with E-state index in [1.54, 1.807) is 0 Å². The van der Waals surface area contributed by atoms with Gasteiger partial charge in [0.25, 0.3) is 0 Å². The number of carboxylic acids is 1. The summed E-state index contributed by atoms with van der Waals surface area (Å²) in [5.74, 6) is 0.533. The predicted octanol–water partition coefficient (Wildman–Crippen LogP) is 2.79. The van der Waals surface area contributed by atoms with Crippen molar-refractivity contribution in [2.75, 3.05) is 13.1 Å². The van der Waals surface area contributed by atoms with Crippen LogP contribution in [0.1, 0.15) is 70.6 Å². The van der Waals surface area contributed by atoms with Crippen LogP contribution in [-0.2, 0) is 9.59 Å². The minimum Gasteiger partial charge on any atom is -0.480 e. The first-order chi connectivity index (χ1) is 11.6. The van der Waals surface area contributed by atoms with E-state index in [-0.39, 0.29) is 11.9 Å². The maximum absolute atomic E-state index is 12.2. The van der Waals surface area contributed by atoms with Crippen LogP contribution >= 0.6 is 0 Å². The van der Waals surface area contributed by atoms with Gasteiger partial charge in [-0.25, -0.2) is 0 Å². The summed E-state index contributed by atoms with van der Waals surface area (Å²) in [5.41, 5.74) is 0. The Morgan fingerprint density at radius 1 is 1.00 bits per heavy atom. The standard InChI is InChI=1S/C19H32N2O3/c22-18(20-13-14-6-2-1-3-7-14)10-11-21-16-9-5-4-8-15(16)12-17(21)19(23)24/h14-17H,1-13H2,(H,20,22)(H,23,24). The summed E-state index contributed by atoms with van der Waals surface area (Å²) in [4.78, 5) is 25.9. The third-order valence-corrected chi connectivity index (χ3v) is 6.42. The van der Waals surface area contributed by atoms with Crippen molar-refractivity contribution < 1.29 is 14.7 Å². The van der Waals surface area contributed by atoms with E-state index in [0.717, 1.165) is 25.8 Å². The lowest BCUT2D eigenvalue weighted by Gasteiger charge is -2.32. The topological polar surface area (TPSA) is 69.6 Å². The van der Waals surface area contributed by atoms with Crippen molar-refractivity contribution in [1.82, 2.24) is 10.2 Å². The second kappa shape index (κ2) is 8.32. The number of hydrogen-bond donors (Lipinski definition) is 2. The summed E-state index contributed by atoms with van der Waals surface area (Å²) in [6, 6.07) is -0.00441. The van der Waals surface area contributed by atoms with Gasteiger partial charge in [-0.15, -0.1) is 0 Å². The first-order valence-corrected chi connectivity index (χ1v) is 9.90. The van der Waals surface area contributed by atoms with E-state index in [4.69, 9.17) is 0 Å². The average molecular weight is 336 g/mol. The molecule has 24 heavy (non-hydrogen) atoms. The fraction of sp³-hybridized carbons (Fsp3) is 0.895. The maximum atomic E-state index is 12.2. The second-order valence-electron chi connectivity index (χ2n) is 8.00. The molecule has 2 aliphatic carbocycles. The Morgan fingerprint density at radius 2 is 1.71 bits per heavy atom. The molecule has 0 radical (unpaired) electrons. The Labute approximate surface area is 145 Å². The number of hydrogen-bond acceptors (Lipinski definition) is 3. The molecule has 1 aliphatic heterocycles. The van der Waals surface area contributed by atoms with Crippen LogP contribution in [0.25, 0.3) is 0 Å². The summed E-state index contributed by atoms with van der Waals surface area (Å²) >= 11 is 0. The van der Waals surface area contributed by atoms with E-state index < -0.39 is 5.97 Å². The van der Waals surface area contributed by atoms with Gasteiger partial charge in [0.15, 0.2) is 0 Å². The summed E-state index contributed by atoms with van der Waals surface area (Å²) in [6.45, 7) is 1.39. The van der Waals surface area contributed by atoms with Gasteiger partial charge in [-0.3, -0.25) is 14.5 Å². The highest BCUT2D eigenvalue weighted by molar-refractivity contribution is 5.77. The van der Waals surface area contributed by atoms with Crippen molar-refractivity contribution in [3.8, 4) is 0 Å². The highest BCUT2D eigenvalue weighted by Crippen LogP contribution is 2.39.